The van der Waals surface area contributed by atoms with Gasteiger partial charge in [0.1, 0.15) is 5.01 Å². The minimum absolute atomic E-state index is 0.307. The van der Waals surface area contributed by atoms with Gasteiger partial charge in [-0.05, 0) is 25.0 Å². The average molecular weight is 348 g/mol. The lowest BCUT2D eigenvalue weighted by atomic mass is 10.0. The maximum Gasteiger partial charge on any atom is 0.321 e. The van der Waals surface area contributed by atoms with Gasteiger partial charge in [-0.2, -0.15) is 0 Å². The molecule has 0 bridgehead atoms. The molecule has 1 aliphatic rings. The van der Waals surface area contributed by atoms with Crippen LogP contribution in [-0.4, -0.2) is 29.4 Å². The summed E-state index contributed by atoms with van der Waals surface area (Å²) in [5.74, 6) is -0.707. The Balaban J connectivity index is 1.57. The molecule has 2 N–H and O–H groups in total. The fourth-order valence-electron chi connectivity index (χ4n) is 2.42. The van der Waals surface area contributed by atoms with Crippen molar-refractivity contribution >= 4 is 22.5 Å². The Kier molecular flexibility index (Phi) is 5.08. The first-order valence-electron chi connectivity index (χ1n) is 7.83. The number of carbonyl (C=O) groups excluding carboxylic acids is 1. The fraction of sp³-hybridized carbons (Fsp3) is 0.438. The van der Waals surface area contributed by atoms with Crippen LogP contribution in [0.5, 0.6) is 0 Å². The quantitative estimate of drug-likeness (QED) is 0.868. The van der Waals surface area contributed by atoms with Crippen LogP contribution in [0.1, 0.15) is 30.0 Å². The van der Waals surface area contributed by atoms with Gasteiger partial charge in [-0.1, -0.05) is 36.5 Å². The van der Waals surface area contributed by atoms with Crippen LogP contribution in [0, 0.1) is 0 Å². The van der Waals surface area contributed by atoms with E-state index in [0.29, 0.717) is 24.9 Å². The van der Waals surface area contributed by atoms with Gasteiger partial charge in [-0.25, -0.2) is 4.79 Å². The Hall–Kier alpha value is -2.03. The van der Waals surface area contributed by atoms with Crippen LogP contribution in [-0.2, 0) is 28.2 Å². The largest absolute Gasteiger partial charge is 0.344 e. The van der Waals surface area contributed by atoms with E-state index in [4.69, 9.17) is 9.47 Å². The van der Waals surface area contributed by atoms with Crippen molar-refractivity contribution in [3.8, 4) is 0 Å². The lowest BCUT2D eigenvalue weighted by Crippen LogP contribution is -2.28. The molecular formula is C16H20N4O3S. The first-order valence-corrected chi connectivity index (χ1v) is 8.65. The van der Waals surface area contributed by atoms with Crippen LogP contribution in [0.25, 0.3) is 0 Å². The average Bonchev–Trinajstić information content (AvgIpc) is 3.23. The molecule has 8 heteroatoms. The molecule has 0 aliphatic carbocycles. The van der Waals surface area contributed by atoms with E-state index in [9.17, 15) is 4.79 Å². The minimum Gasteiger partial charge on any atom is -0.344 e. The minimum atomic E-state index is -0.707. The number of hydrogen-bond donors (Lipinski definition) is 2. The molecule has 0 spiro atoms. The second-order valence-electron chi connectivity index (χ2n) is 5.51. The number of benzene rings is 1. The number of carbonyl (C=O) groups is 1. The summed E-state index contributed by atoms with van der Waals surface area (Å²) >= 11 is 1.37. The third-order valence-corrected chi connectivity index (χ3v) is 4.72. The highest BCUT2D eigenvalue weighted by Gasteiger charge is 2.33. The maximum atomic E-state index is 12.0. The number of nitrogens with zero attached hydrogens (tertiary/aromatic N) is 2. The number of hydrogen-bond acceptors (Lipinski definition) is 6. The van der Waals surface area contributed by atoms with E-state index in [2.05, 4.69) is 20.8 Å². The van der Waals surface area contributed by atoms with Crippen molar-refractivity contribution in [2.75, 3.05) is 18.5 Å². The van der Waals surface area contributed by atoms with Gasteiger partial charge in [0.25, 0.3) is 0 Å². The van der Waals surface area contributed by atoms with E-state index in [0.717, 1.165) is 22.6 Å². The van der Waals surface area contributed by atoms with E-state index in [1.807, 2.05) is 38.1 Å². The first kappa shape index (κ1) is 16.8. The molecule has 3 rings (SSSR count). The van der Waals surface area contributed by atoms with Crippen molar-refractivity contribution in [1.29, 1.82) is 0 Å². The van der Waals surface area contributed by atoms with E-state index in [-0.39, 0.29) is 6.03 Å². The predicted molar refractivity (Wildman–Crippen MR) is 90.8 cm³/mol. The zero-order chi connectivity index (χ0) is 17.0. The Morgan fingerprint density at radius 1 is 1.33 bits per heavy atom. The summed E-state index contributed by atoms with van der Waals surface area (Å²) in [6.45, 7) is 5.47. The first-order chi connectivity index (χ1) is 11.6. The van der Waals surface area contributed by atoms with Crippen molar-refractivity contribution < 1.29 is 14.3 Å². The van der Waals surface area contributed by atoms with E-state index < -0.39 is 5.79 Å². The Morgan fingerprint density at radius 3 is 2.83 bits per heavy atom. The van der Waals surface area contributed by atoms with Crippen molar-refractivity contribution in [2.24, 2.45) is 0 Å². The molecule has 1 fully saturated rings. The van der Waals surface area contributed by atoms with Gasteiger partial charge in [0, 0.05) is 12.1 Å². The topological polar surface area (TPSA) is 85.4 Å². The predicted octanol–water partition coefficient (Wildman–Crippen LogP) is 2.64. The van der Waals surface area contributed by atoms with Crippen molar-refractivity contribution in [3.63, 3.8) is 0 Å². The summed E-state index contributed by atoms with van der Waals surface area (Å²) in [4.78, 5) is 12.0. The second kappa shape index (κ2) is 7.25. The number of aryl methyl sites for hydroxylation is 1. The van der Waals surface area contributed by atoms with Crippen LogP contribution in [0.2, 0.25) is 0 Å². The van der Waals surface area contributed by atoms with Crippen LogP contribution >= 0.6 is 11.3 Å². The molecule has 24 heavy (non-hydrogen) atoms. The molecule has 1 aromatic heterocycles. The Morgan fingerprint density at radius 2 is 2.12 bits per heavy atom. The fourth-order valence-corrected chi connectivity index (χ4v) is 3.09. The number of anilines is 1. The highest BCUT2D eigenvalue weighted by atomic mass is 32.1. The number of ether oxygens (including phenoxy) is 2. The SMILES string of the molecule is CCc1nnc(NC(=O)NCc2cccc(C3(C)OCCO3)c2)s1. The smallest absolute Gasteiger partial charge is 0.321 e. The third kappa shape index (κ3) is 3.89. The molecule has 2 aromatic rings. The molecule has 0 radical (unpaired) electrons. The molecule has 1 saturated heterocycles. The number of amides is 2. The summed E-state index contributed by atoms with van der Waals surface area (Å²) in [6, 6.07) is 7.51. The number of aromatic nitrogens is 2. The molecule has 7 nitrogen and oxygen atoms in total. The Labute approximate surface area is 144 Å². The number of rotatable bonds is 5. The summed E-state index contributed by atoms with van der Waals surface area (Å²) in [7, 11) is 0. The number of urea groups is 1. The second-order valence-corrected chi connectivity index (χ2v) is 6.57. The van der Waals surface area contributed by atoms with Gasteiger partial charge < -0.3 is 14.8 Å². The lowest BCUT2D eigenvalue weighted by molar-refractivity contribution is -0.149. The lowest BCUT2D eigenvalue weighted by Gasteiger charge is -2.23. The summed E-state index contributed by atoms with van der Waals surface area (Å²) < 4.78 is 11.3. The highest BCUT2D eigenvalue weighted by Crippen LogP contribution is 2.31. The van der Waals surface area contributed by atoms with Crippen molar-refractivity contribution in [1.82, 2.24) is 15.5 Å². The Bertz CT molecular complexity index is 713. The molecule has 128 valence electrons. The van der Waals surface area contributed by atoms with Crippen LogP contribution in [0.3, 0.4) is 0 Å². The van der Waals surface area contributed by atoms with E-state index >= 15 is 0 Å². The molecular weight excluding hydrogens is 328 g/mol. The summed E-state index contributed by atoms with van der Waals surface area (Å²) in [5, 5.41) is 14.8. The molecule has 0 saturated carbocycles. The molecule has 1 aliphatic heterocycles. The summed E-state index contributed by atoms with van der Waals surface area (Å²) in [5.41, 5.74) is 1.91. The zero-order valence-electron chi connectivity index (χ0n) is 13.7. The standard InChI is InChI=1S/C16H20N4O3S/c1-3-13-19-20-15(24-13)18-14(21)17-10-11-5-4-6-12(9-11)16(2)22-7-8-23-16/h4-6,9H,3,7-8,10H2,1-2H3,(H2,17,18,20,21). The molecule has 1 aromatic carbocycles. The maximum absolute atomic E-state index is 12.0. The van der Waals surface area contributed by atoms with Crippen LogP contribution < -0.4 is 10.6 Å². The summed E-state index contributed by atoms with van der Waals surface area (Å²) in [6.07, 6.45) is 0.802. The van der Waals surface area contributed by atoms with Gasteiger partial charge in [-0.3, -0.25) is 5.32 Å². The van der Waals surface area contributed by atoms with Gasteiger partial charge in [0.2, 0.25) is 5.13 Å². The van der Waals surface area contributed by atoms with Gasteiger partial charge >= 0.3 is 6.03 Å². The molecule has 2 heterocycles. The monoisotopic (exact) mass is 348 g/mol. The zero-order valence-corrected chi connectivity index (χ0v) is 14.5. The van der Waals surface area contributed by atoms with Gasteiger partial charge in [-0.15, -0.1) is 10.2 Å². The molecule has 2 amide bonds. The van der Waals surface area contributed by atoms with Crippen molar-refractivity contribution in [2.45, 2.75) is 32.6 Å². The molecule has 0 atom stereocenters. The van der Waals surface area contributed by atoms with E-state index in [1.165, 1.54) is 11.3 Å². The highest BCUT2D eigenvalue weighted by molar-refractivity contribution is 7.15. The third-order valence-electron chi connectivity index (χ3n) is 3.73. The number of nitrogens with one attached hydrogen (secondary N) is 2. The van der Waals surface area contributed by atoms with E-state index in [1.54, 1.807) is 0 Å². The molecule has 0 unspecified atom stereocenters. The normalized spacial score (nSPS) is 16.1. The van der Waals surface area contributed by atoms with Crippen LogP contribution in [0.15, 0.2) is 24.3 Å². The van der Waals surface area contributed by atoms with Gasteiger partial charge in [0.05, 0.1) is 13.2 Å². The van der Waals surface area contributed by atoms with Crippen LogP contribution in [0.4, 0.5) is 9.93 Å². The van der Waals surface area contributed by atoms with Gasteiger partial charge in [0.15, 0.2) is 5.79 Å². The van der Waals surface area contributed by atoms with Crippen molar-refractivity contribution in [3.05, 3.63) is 40.4 Å².